The number of benzene rings is 2. The second-order valence-corrected chi connectivity index (χ2v) is 6.08. The Morgan fingerprint density at radius 1 is 1.04 bits per heavy atom. The highest BCUT2D eigenvalue weighted by Crippen LogP contribution is 2.17. The molecule has 0 saturated carbocycles. The van der Waals surface area contributed by atoms with Crippen molar-refractivity contribution in [2.45, 2.75) is 32.7 Å². The maximum Gasteiger partial charge on any atom is 0.119 e. The lowest BCUT2D eigenvalue weighted by atomic mass is 10.2. The molecule has 0 spiro atoms. The van der Waals surface area contributed by atoms with Crippen molar-refractivity contribution in [1.82, 2.24) is 9.55 Å². The SMILES string of the molecule is Cc1ccc(OCCCCn2c(CCN)nc3ccccc32)cc1. The van der Waals surface area contributed by atoms with Gasteiger partial charge >= 0.3 is 0 Å². The molecule has 3 aromatic rings. The lowest BCUT2D eigenvalue weighted by Gasteiger charge is -2.10. The fourth-order valence-electron chi connectivity index (χ4n) is 2.89. The van der Waals surface area contributed by atoms with Gasteiger partial charge in [0, 0.05) is 13.0 Å². The van der Waals surface area contributed by atoms with Crippen LogP contribution >= 0.6 is 0 Å². The number of aromatic nitrogens is 2. The lowest BCUT2D eigenvalue weighted by Crippen LogP contribution is -2.11. The molecule has 0 radical (unpaired) electrons. The Hall–Kier alpha value is -2.33. The van der Waals surface area contributed by atoms with Gasteiger partial charge in [0.15, 0.2) is 0 Å². The smallest absolute Gasteiger partial charge is 0.119 e. The number of para-hydroxylation sites is 2. The minimum absolute atomic E-state index is 0.625. The van der Waals surface area contributed by atoms with Gasteiger partial charge in [0.1, 0.15) is 11.6 Å². The fraction of sp³-hybridized carbons (Fsp3) is 0.350. The van der Waals surface area contributed by atoms with E-state index in [2.05, 4.69) is 41.8 Å². The summed E-state index contributed by atoms with van der Waals surface area (Å²) in [7, 11) is 0. The zero-order valence-electron chi connectivity index (χ0n) is 14.2. The number of rotatable bonds is 8. The van der Waals surface area contributed by atoms with Crippen LogP contribution in [0.15, 0.2) is 48.5 Å². The maximum atomic E-state index is 5.80. The minimum atomic E-state index is 0.625. The number of hydrogen-bond acceptors (Lipinski definition) is 3. The molecule has 1 aromatic heterocycles. The Morgan fingerprint density at radius 3 is 2.62 bits per heavy atom. The van der Waals surface area contributed by atoms with Crippen LogP contribution in [0.5, 0.6) is 5.75 Å². The van der Waals surface area contributed by atoms with E-state index in [4.69, 9.17) is 15.5 Å². The number of fused-ring (bicyclic) bond motifs is 1. The van der Waals surface area contributed by atoms with Crippen LogP contribution in [-0.2, 0) is 13.0 Å². The van der Waals surface area contributed by atoms with Gasteiger partial charge in [-0.2, -0.15) is 0 Å². The fourth-order valence-corrected chi connectivity index (χ4v) is 2.89. The molecule has 0 aliphatic carbocycles. The molecule has 0 aliphatic heterocycles. The van der Waals surface area contributed by atoms with Gasteiger partial charge in [-0.3, -0.25) is 0 Å². The molecule has 2 N–H and O–H groups in total. The van der Waals surface area contributed by atoms with E-state index >= 15 is 0 Å². The van der Waals surface area contributed by atoms with Crippen molar-refractivity contribution in [2.24, 2.45) is 5.73 Å². The lowest BCUT2D eigenvalue weighted by molar-refractivity contribution is 0.303. The van der Waals surface area contributed by atoms with Gasteiger partial charge < -0.3 is 15.0 Å². The van der Waals surface area contributed by atoms with Crippen molar-refractivity contribution < 1.29 is 4.74 Å². The van der Waals surface area contributed by atoms with Crippen molar-refractivity contribution in [2.75, 3.05) is 13.2 Å². The number of ether oxygens (including phenoxy) is 1. The van der Waals surface area contributed by atoms with Crippen LogP contribution in [0.25, 0.3) is 11.0 Å². The second-order valence-electron chi connectivity index (χ2n) is 6.08. The van der Waals surface area contributed by atoms with E-state index in [-0.39, 0.29) is 0 Å². The Kier molecular flexibility index (Phi) is 5.49. The molecular formula is C20H25N3O. The van der Waals surface area contributed by atoms with Gasteiger partial charge in [-0.1, -0.05) is 29.8 Å². The van der Waals surface area contributed by atoms with Crippen molar-refractivity contribution in [1.29, 1.82) is 0 Å². The zero-order chi connectivity index (χ0) is 16.8. The third kappa shape index (κ3) is 3.95. The Bertz CT molecular complexity index is 777. The second kappa shape index (κ2) is 7.97. The summed E-state index contributed by atoms with van der Waals surface area (Å²) < 4.78 is 8.10. The van der Waals surface area contributed by atoms with Crippen LogP contribution in [0.2, 0.25) is 0 Å². The summed E-state index contributed by atoms with van der Waals surface area (Å²) >= 11 is 0. The molecule has 3 rings (SSSR count). The van der Waals surface area contributed by atoms with Crippen LogP contribution in [0.4, 0.5) is 0 Å². The summed E-state index contributed by atoms with van der Waals surface area (Å²) in [5, 5.41) is 0. The van der Waals surface area contributed by atoms with Crippen molar-refractivity contribution in [3.05, 3.63) is 59.9 Å². The first-order valence-corrected chi connectivity index (χ1v) is 8.61. The van der Waals surface area contributed by atoms with E-state index in [0.29, 0.717) is 6.54 Å². The summed E-state index contributed by atoms with van der Waals surface area (Å²) in [5.41, 5.74) is 9.23. The molecule has 0 atom stereocenters. The molecule has 1 heterocycles. The monoisotopic (exact) mass is 323 g/mol. The van der Waals surface area contributed by atoms with Crippen LogP contribution in [0.3, 0.4) is 0 Å². The van der Waals surface area contributed by atoms with Crippen molar-refractivity contribution in [3.8, 4) is 5.75 Å². The third-order valence-corrected chi connectivity index (χ3v) is 4.17. The highest BCUT2D eigenvalue weighted by Gasteiger charge is 2.09. The predicted molar refractivity (Wildman–Crippen MR) is 98.4 cm³/mol. The minimum Gasteiger partial charge on any atom is -0.494 e. The largest absolute Gasteiger partial charge is 0.494 e. The Labute approximate surface area is 143 Å². The van der Waals surface area contributed by atoms with Crippen molar-refractivity contribution in [3.63, 3.8) is 0 Å². The van der Waals surface area contributed by atoms with Crippen molar-refractivity contribution >= 4 is 11.0 Å². The van der Waals surface area contributed by atoms with E-state index in [0.717, 1.165) is 49.5 Å². The van der Waals surface area contributed by atoms with Gasteiger partial charge in [0.05, 0.1) is 17.6 Å². The van der Waals surface area contributed by atoms with E-state index in [1.54, 1.807) is 0 Å². The standard InChI is InChI=1S/C20H25N3O/c1-16-8-10-17(11-9-16)24-15-5-4-14-23-19-7-3-2-6-18(19)22-20(23)12-13-21/h2-3,6-11H,4-5,12-15,21H2,1H3. The highest BCUT2D eigenvalue weighted by molar-refractivity contribution is 5.75. The van der Waals surface area contributed by atoms with Gasteiger partial charge in [0.2, 0.25) is 0 Å². The predicted octanol–water partition coefficient (Wildman–Crippen LogP) is 3.71. The topological polar surface area (TPSA) is 53.1 Å². The first-order chi connectivity index (χ1) is 11.8. The molecule has 4 nitrogen and oxygen atoms in total. The molecule has 0 amide bonds. The molecule has 126 valence electrons. The number of imidazole rings is 1. The van der Waals surface area contributed by atoms with E-state index in [9.17, 15) is 0 Å². The maximum absolute atomic E-state index is 5.80. The number of nitrogens with zero attached hydrogens (tertiary/aromatic N) is 2. The number of hydrogen-bond donors (Lipinski definition) is 1. The van der Waals surface area contributed by atoms with Gasteiger partial charge in [-0.25, -0.2) is 4.98 Å². The quantitative estimate of drug-likeness (QED) is 0.643. The molecule has 4 heteroatoms. The first kappa shape index (κ1) is 16.5. The average Bonchev–Trinajstić information content (AvgIpc) is 2.94. The van der Waals surface area contributed by atoms with Gasteiger partial charge in [-0.15, -0.1) is 0 Å². The molecular weight excluding hydrogens is 298 g/mol. The Balaban J connectivity index is 1.55. The molecule has 24 heavy (non-hydrogen) atoms. The number of aryl methyl sites for hydroxylation is 2. The van der Waals surface area contributed by atoms with Crippen LogP contribution in [0, 0.1) is 6.92 Å². The number of unbranched alkanes of at least 4 members (excludes halogenated alkanes) is 1. The van der Waals surface area contributed by atoms with Crippen LogP contribution in [-0.4, -0.2) is 22.7 Å². The normalized spacial score (nSPS) is 11.1. The average molecular weight is 323 g/mol. The summed E-state index contributed by atoms with van der Waals surface area (Å²) in [5.74, 6) is 2.02. The molecule has 0 bridgehead atoms. The Morgan fingerprint density at radius 2 is 1.83 bits per heavy atom. The first-order valence-electron chi connectivity index (χ1n) is 8.61. The van der Waals surface area contributed by atoms with Crippen LogP contribution in [0.1, 0.15) is 24.2 Å². The third-order valence-electron chi connectivity index (χ3n) is 4.17. The highest BCUT2D eigenvalue weighted by atomic mass is 16.5. The van der Waals surface area contributed by atoms with E-state index in [1.165, 1.54) is 11.1 Å². The molecule has 0 aliphatic rings. The molecule has 2 aromatic carbocycles. The molecule has 0 saturated heterocycles. The van der Waals surface area contributed by atoms with E-state index < -0.39 is 0 Å². The summed E-state index contributed by atoms with van der Waals surface area (Å²) in [6.45, 7) is 4.40. The van der Waals surface area contributed by atoms with Gasteiger partial charge in [0.25, 0.3) is 0 Å². The summed E-state index contributed by atoms with van der Waals surface area (Å²) in [6.07, 6.45) is 2.89. The molecule has 0 fully saturated rings. The van der Waals surface area contributed by atoms with E-state index in [1.807, 2.05) is 18.2 Å². The van der Waals surface area contributed by atoms with Gasteiger partial charge in [-0.05, 0) is 50.6 Å². The van der Waals surface area contributed by atoms with Crippen LogP contribution < -0.4 is 10.5 Å². The zero-order valence-corrected chi connectivity index (χ0v) is 14.2. The molecule has 0 unspecified atom stereocenters. The summed E-state index contributed by atoms with van der Waals surface area (Å²) in [4.78, 5) is 4.71. The number of nitrogens with two attached hydrogens (primary N) is 1. The summed E-state index contributed by atoms with van der Waals surface area (Å²) in [6, 6.07) is 16.5.